The zero-order valence-electron chi connectivity index (χ0n) is 10.2. The van der Waals surface area contributed by atoms with Crippen LogP contribution in [0, 0.1) is 5.92 Å². The van der Waals surface area contributed by atoms with Crippen molar-refractivity contribution in [2.75, 3.05) is 33.2 Å². The maximum Gasteiger partial charge on any atom is 0.0238 e. The molecule has 0 aliphatic carbocycles. The molecule has 0 aromatic carbocycles. The number of hydrogen-bond donors (Lipinski definition) is 1. The minimum absolute atomic E-state index is 0.750. The van der Waals surface area contributed by atoms with Gasteiger partial charge in [0.05, 0.1) is 0 Å². The lowest BCUT2D eigenvalue weighted by molar-refractivity contribution is 0.129. The van der Waals surface area contributed by atoms with Crippen LogP contribution in [-0.4, -0.2) is 55.1 Å². The van der Waals surface area contributed by atoms with Crippen molar-refractivity contribution in [3.05, 3.63) is 0 Å². The van der Waals surface area contributed by atoms with Gasteiger partial charge in [0.25, 0.3) is 0 Å². The third-order valence-electron chi connectivity index (χ3n) is 4.26. The van der Waals surface area contributed by atoms with Crippen LogP contribution in [0.15, 0.2) is 0 Å². The largest absolute Gasteiger partial charge is 0.330 e. The fraction of sp³-hybridized carbons (Fsp3) is 1.00. The summed E-state index contributed by atoms with van der Waals surface area (Å²) >= 11 is 0. The molecule has 3 heteroatoms. The minimum atomic E-state index is 0.750. The van der Waals surface area contributed by atoms with Gasteiger partial charge in [-0.2, -0.15) is 0 Å². The van der Waals surface area contributed by atoms with Crippen molar-refractivity contribution in [1.82, 2.24) is 9.80 Å². The predicted octanol–water partition coefficient (Wildman–Crippen LogP) is 0.750. The van der Waals surface area contributed by atoms with Gasteiger partial charge in [-0.1, -0.05) is 0 Å². The normalized spacial score (nSPS) is 39.8. The molecule has 3 unspecified atom stereocenters. The Hall–Kier alpha value is -0.120. The van der Waals surface area contributed by atoms with Gasteiger partial charge in [-0.15, -0.1) is 0 Å². The lowest BCUT2D eigenvalue weighted by Crippen LogP contribution is -2.45. The summed E-state index contributed by atoms with van der Waals surface area (Å²) in [5.74, 6) is 0.750. The number of hydrogen-bond acceptors (Lipinski definition) is 3. The van der Waals surface area contributed by atoms with Gasteiger partial charge in [0.15, 0.2) is 0 Å². The summed E-state index contributed by atoms with van der Waals surface area (Å²) in [5.41, 5.74) is 5.78. The molecule has 2 heterocycles. The molecule has 15 heavy (non-hydrogen) atoms. The van der Waals surface area contributed by atoms with E-state index in [9.17, 15) is 0 Å². The number of rotatable bonds is 2. The smallest absolute Gasteiger partial charge is 0.0238 e. The second-order valence-corrected chi connectivity index (χ2v) is 5.42. The van der Waals surface area contributed by atoms with Crippen LogP contribution in [0.1, 0.15) is 26.2 Å². The fourth-order valence-corrected chi connectivity index (χ4v) is 3.05. The molecule has 3 nitrogen and oxygen atoms in total. The van der Waals surface area contributed by atoms with Crippen LogP contribution in [0.3, 0.4) is 0 Å². The maximum atomic E-state index is 5.78. The molecule has 2 aliphatic heterocycles. The Kier molecular flexibility index (Phi) is 3.65. The van der Waals surface area contributed by atoms with E-state index in [1.165, 1.54) is 38.9 Å². The van der Waals surface area contributed by atoms with Crippen molar-refractivity contribution >= 4 is 0 Å². The summed E-state index contributed by atoms with van der Waals surface area (Å²) in [7, 11) is 2.25. The van der Waals surface area contributed by atoms with Crippen LogP contribution < -0.4 is 5.73 Å². The Morgan fingerprint density at radius 2 is 2.13 bits per heavy atom. The third-order valence-corrected chi connectivity index (χ3v) is 4.26. The number of likely N-dealkylation sites (N-methyl/N-ethyl adjacent to an activating group) is 1. The Labute approximate surface area is 93.6 Å². The highest BCUT2D eigenvalue weighted by molar-refractivity contribution is 4.89. The highest BCUT2D eigenvalue weighted by Gasteiger charge is 2.32. The highest BCUT2D eigenvalue weighted by atomic mass is 15.3. The summed E-state index contributed by atoms with van der Waals surface area (Å²) in [4.78, 5) is 5.16. The number of nitrogens with two attached hydrogens (primary N) is 1. The number of likely N-dealkylation sites (tertiary alicyclic amines) is 2. The molecular weight excluding hydrogens is 186 g/mol. The standard InChI is InChI=1S/C12H25N3/c1-10-6-12(9-14(10)2)15-5-3-4-11(7-13)8-15/h10-12H,3-9,13H2,1-2H3. The van der Waals surface area contributed by atoms with Crippen molar-refractivity contribution in [3.63, 3.8) is 0 Å². The monoisotopic (exact) mass is 211 g/mol. The van der Waals surface area contributed by atoms with E-state index in [1.807, 2.05) is 0 Å². The Balaban J connectivity index is 1.88. The quantitative estimate of drug-likeness (QED) is 0.731. The molecule has 0 radical (unpaired) electrons. The Bertz CT molecular complexity index is 197. The van der Waals surface area contributed by atoms with Gasteiger partial charge in [0.2, 0.25) is 0 Å². The van der Waals surface area contributed by atoms with E-state index >= 15 is 0 Å². The van der Waals surface area contributed by atoms with E-state index in [2.05, 4.69) is 23.8 Å². The van der Waals surface area contributed by atoms with Gasteiger partial charge in [-0.25, -0.2) is 0 Å². The lowest BCUT2D eigenvalue weighted by atomic mass is 9.96. The topological polar surface area (TPSA) is 32.5 Å². The van der Waals surface area contributed by atoms with Crippen LogP contribution in [0.5, 0.6) is 0 Å². The molecule has 2 saturated heterocycles. The van der Waals surface area contributed by atoms with Crippen LogP contribution in [0.2, 0.25) is 0 Å². The predicted molar refractivity (Wildman–Crippen MR) is 63.8 cm³/mol. The molecule has 0 aromatic rings. The molecule has 3 atom stereocenters. The molecule has 2 fully saturated rings. The van der Waals surface area contributed by atoms with Crippen LogP contribution in [-0.2, 0) is 0 Å². The zero-order valence-corrected chi connectivity index (χ0v) is 10.2. The molecule has 0 bridgehead atoms. The first-order valence-electron chi connectivity index (χ1n) is 6.35. The fourth-order valence-electron chi connectivity index (χ4n) is 3.05. The van der Waals surface area contributed by atoms with Crippen molar-refractivity contribution in [1.29, 1.82) is 0 Å². The highest BCUT2D eigenvalue weighted by Crippen LogP contribution is 2.25. The SMILES string of the molecule is CC1CC(N2CCCC(CN)C2)CN1C. The molecule has 2 N–H and O–H groups in total. The number of nitrogens with zero attached hydrogens (tertiary/aromatic N) is 2. The average Bonchev–Trinajstić information content (AvgIpc) is 2.59. The van der Waals surface area contributed by atoms with Gasteiger partial charge in [0.1, 0.15) is 0 Å². The van der Waals surface area contributed by atoms with Gasteiger partial charge < -0.3 is 10.6 Å². The minimum Gasteiger partial charge on any atom is -0.330 e. The second kappa shape index (κ2) is 4.81. The van der Waals surface area contributed by atoms with Gasteiger partial charge in [-0.3, -0.25) is 4.90 Å². The molecule has 0 aromatic heterocycles. The molecule has 0 saturated carbocycles. The van der Waals surface area contributed by atoms with Gasteiger partial charge >= 0.3 is 0 Å². The van der Waals surface area contributed by atoms with Crippen molar-refractivity contribution in [2.24, 2.45) is 11.7 Å². The van der Waals surface area contributed by atoms with Crippen molar-refractivity contribution in [3.8, 4) is 0 Å². The van der Waals surface area contributed by atoms with E-state index in [0.717, 1.165) is 24.5 Å². The van der Waals surface area contributed by atoms with Crippen molar-refractivity contribution < 1.29 is 0 Å². The zero-order chi connectivity index (χ0) is 10.8. The average molecular weight is 211 g/mol. The molecule has 0 spiro atoms. The molecule has 0 amide bonds. The van der Waals surface area contributed by atoms with E-state index in [0.29, 0.717) is 0 Å². The molecule has 88 valence electrons. The van der Waals surface area contributed by atoms with E-state index in [-0.39, 0.29) is 0 Å². The summed E-state index contributed by atoms with van der Waals surface area (Å²) < 4.78 is 0. The van der Waals surface area contributed by atoms with Gasteiger partial charge in [0, 0.05) is 25.2 Å². The molecule has 2 rings (SSSR count). The third kappa shape index (κ3) is 2.52. The molecular formula is C12H25N3. The van der Waals surface area contributed by atoms with Crippen LogP contribution in [0.4, 0.5) is 0 Å². The summed E-state index contributed by atoms with van der Waals surface area (Å²) in [6, 6.07) is 1.55. The first-order chi connectivity index (χ1) is 7.20. The first-order valence-corrected chi connectivity index (χ1v) is 6.35. The van der Waals surface area contributed by atoms with E-state index in [1.54, 1.807) is 0 Å². The first kappa shape index (κ1) is 11.4. The lowest BCUT2D eigenvalue weighted by Gasteiger charge is -2.36. The Morgan fingerprint density at radius 1 is 1.33 bits per heavy atom. The summed E-state index contributed by atoms with van der Waals surface area (Å²) in [6.07, 6.45) is 4.02. The van der Waals surface area contributed by atoms with Crippen molar-refractivity contribution in [2.45, 2.75) is 38.3 Å². The van der Waals surface area contributed by atoms with Crippen LogP contribution >= 0.6 is 0 Å². The molecule has 2 aliphatic rings. The van der Waals surface area contributed by atoms with E-state index in [4.69, 9.17) is 5.73 Å². The second-order valence-electron chi connectivity index (χ2n) is 5.42. The maximum absolute atomic E-state index is 5.78. The van der Waals surface area contributed by atoms with Gasteiger partial charge in [-0.05, 0) is 52.2 Å². The Morgan fingerprint density at radius 3 is 2.73 bits per heavy atom. The number of piperidine rings is 1. The summed E-state index contributed by atoms with van der Waals surface area (Å²) in [5, 5.41) is 0. The van der Waals surface area contributed by atoms with E-state index < -0.39 is 0 Å². The van der Waals surface area contributed by atoms with Crippen LogP contribution in [0.25, 0.3) is 0 Å². The summed E-state index contributed by atoms with van der Waals surface area (Å²) in [6.45, 7) is 6.99.